The van der Waals surface area contributed by atoms with Crippen molar-refractivity contribution < 1.29 is 4.74 Å². The van der Waals surface area contributed by atoms with Crippen LogP contribution in [0.1, 0.15) is 37.0 Å². The van der Waals surface area contributed by atoms with E-state index in [1.807, 2.05) is 26.2 Å². The van der Waals surface area contributed by atoms with Crippen LogP contribution in [-0.4, -0.2) is 43.6 Å². The lowest BCUT2D eigenvalue weighted by molar-refractivity contribution is 0.414. The number of hydrogen-bond acceptors (Lipinski definition) is 4. The van der Waals surface area contributed by atoms with Gasteiger partial charge in [0.1, 0.15) is 5.75 Å². The fourth-order valence-corrected chi connectivity index (χ4v) is 3.54. The van der Waals surface area contributed by atoms with Crippen molar-refractivity contribution in [3.63, 3.8) is 0 Å². The predicted molar refractivity (Wildman–Crippen MR) is 110 cm³/mol. The maximum atomic E-state index is 5.21. The Hall–Kier alpha value is -2.08. The molecule has 0 aliphatic rings. The molecule has 1 aromatic carbocycles. The van der Waals surface area contributed by atoms with Crippen LogP contribution in [0.5, 0.6) is 5.75 Å². The lowest BCUT2D eigenvalue weighted by Crippen LogP contribution is -2.39. The van der Waals surface area contributed by atoms with Gasteiger partial charge in [0.2, 0.25) is 0 Å². The fourth-order valence-electron chi connectivity index (χ4n) is 2.52. The Morgan fingerprint density at radius 3 is 2.50 bits per heavy atom. The molecule has 0 bridgehead atoms. The van der Waals surface area contributed by atoms with Crippen LogP contribution in [0.15, 0.2) is 34.6 Å². The van der Waals surface area contributed by atoms with Crippen LogP contribution in [0.3, 0.4) is 0 Å². The van der Waals surface area contributed by atoms with Gasteiger partial charge >= 0.3 is 0 Å². The van der Waals surface area contributed by atoms with E-state index in [0.29, 0.717) is 0 Å². The number of guanidine groups is 1. The second kappa shape index (κ2) is 9.03. The lowest BCUT2D eigenvalue weighted by Gasteiger charge is -2.22. The highest BCUT2D eigenvalue weighted by Crippen LogP contribution is 2.23. The zero-order valence-electron chi connectivity index (χ0n) is 16.7. The first-order chi connectivity index (χ1) is 12.3. The second-order valence-corrected chi connectivity index (χ2v) is 8.25. The maximum Gasteiger partial charge on any atom is 0.193 e. The van der Waals surface area contributed by atoms with Gasteiger partial charge in [-0.2, -0.15) is 0 Å². The molecule has 142 valence electrons. The molecule has 0 aliphatic heterocycles. The molecule has 0 aliphatic carbocycles. The average Bonchev–Trinajstić information content (AvgIpc) is 3.08. The van der Waals surface area contributed by atoms with Crippen molar-refractivity contribution >= 4 is 17.3 Å². The minimum atomic E-state index is 0.108. The molecule has 2 rings (SSSR count). The number of thiazole rings is 1. The summed E-state index contributed by atoms with van der Waals surface area (Å²) in [5.74, 6) is 1.76. The van der Waals surface area contributed by atoms with Gasteiger partial charge in [0, 0.05) is 44.4 Å². The first kappa shape index (κ1) is 20.2. The molecule has 26 heavy (non-hydrogen) atoms. The summed E-state index contributed by atoms with van der Waals surface area (Å²) in [6.07, 6.45) is 0.899. The molecule has 0 saturated carbocycles. The van der Waals surface area contributed by atoms with E-state index in [4.69, 9.17) is 9.72 Å². The molecule has 6 heteroatoms. The summed E-state index contributed by atoms with van der Waals surface area (Å²) >= 11 is 1.73. The number of nitrogens with one attached hydrogen (secondary N) is 1. The Balaban J connectivity index is 1.85. The topological polar surface area (TPSA) is 49.8 Å². The van der Waals surface area contributed by atoms with E-state index in [1.54, 1.807) is 18.4 Å². The number of ether oxygens (including phenoxy) is 1. The van der Waals surface area contributed by atoms with Gasteiger partial charge in [0.05, 0.1) is 17.8 Å². The number of nitrogens with zero attached hydrogens (tertiary/aromatic N) is 3. The van der Waals surface area contributed by atoms with Crippen LogP contribution in [0.2, 0.25) is 0 Å². The summed E-state index contributed by atoms with van der Waals surface area (Å²) in [5.41, 5.74) is 2.49. The van der Waals surface area contributed by atoms with Gasteiger partial charge < -0.3 is 15.0 Å². The molecule has 0 atom stereocenters. The van der Waals surface area contributed by atoms with Crippen molar-refractivity contribution in [1.29, 1.82) is 0 Å². The molecule has 0 fully saturated rings. The lowest BCUT2D eigenvalue weighted by atomic mass is 9.93. The van der Waals surface area contributed by atoms with Gasteiger partial charge in [-0.25, -0.2) is 4.98 Å². The molecule has 0 saturated heterocycles. The van der Waals surface area contributed by atoms with Gasteiger partial charge in [-0.05, 0) is 17.7 Å². The minimum absolute atomic E-state index is 0.108. The van der Waals surface area contributed by atoms with E-state index in [1.165, 1.54) is 11.3 Å². The van der Waals surface area contributed by atoms with Crippen LogP contribution in [0.25, 0.3) is 0 Å². The first-order valence-corrected chi connectivity index (χ1v) is 9.71. The van der Waals surface area contributed by atoms with Crippen molar-refractivity contribution in [1.82, 2.24) is 15.2 Å². The summed E-state index contributed by atoms with van der Waals surface area (Å²) in [6.45, 7) is 8.19. The van der Waals surface area contributed by atoms with Gasteiger partial charge in [-0.1, -0.05) is 32.9 Å². The summed E-state index contributed by atoms with van der Waals surface area (Å²) < 4.78 is 5.21. The molecule has 1 N–H and O–H groups in total. The summed E-state index contributed by atoms with van der Waals surface area (Å²) in [4.78, 5) is 11.2. The number of benzene rings is 1. The molecular weight excluding hydrogens is 344 g/mol. The standard InChI is InChI=1S/C20H30N4OS/c1-20(2,3)17-14-26-18(23-17)11-12-22-19(21-4)24(5)13-15-7-9-16(25-6)10-8-15/h7-10,14H,11-13H2,1-6H3,(H,21,22). The normalized spacial score (nSPS) is 12.2. The van der Waals surface area contributed by atoms with E-state index < -0.39 is 0 Å². The third kappa shape index (κ3) is 5.73. The molecule has 0 spiro atoms. The van der Waals surface area contributed by atoms with Gasteiger partial charge in [0.15, 0.2) is 5.96 Å². The Labute approximate surface area is 161 Å². The zero-order valence-corrected chi connectivity index (χ0v) is 17.5. The smallest absolute Gasteiger partial charge is 0.193 e. The Bertz CT molecular complexity index is 716. The Morgan fingerprint density at radius 1 is 1.27 bits per heavy atom. The highest BCUT2D eigenvalue weighted by atomic mass is 32.1. The number of hydrogen-bond donors (Lipinski definition) is 1. The highest BCUT2D eigenvalue weighted by Gasteiger charge is 2.17. The van der Waals surface area contributed by atoms with E-state index in [9.17, 15) is 0 Å². The third-order valence-electron chi connectivity index (χ3n) is 4.09. The first-order valence-electron chi connectivity index (χ1n) is 8.83. The minimum Gasteiger partial charge on any atom is -0.497 e. The second-order valence-electron chi connectivity index (χ2n) is 7.30. The third-order valence-corrected chi connectivity index (χ3v) is 5.00. The van der Waals surface area contributed by atoms with Crippen LogP contribution in [0, 0.1) is 0 Å². The number of aromatic nitrogens is 1. The van der Waals surface area contributed by atoms with E-state index in [0.717, 1.165) is 36.2 Å². The SMILES string of the molecule is CN=C(NCCc1nc(C(C)(C)C)cs1)N(C)Cc1ccc(OC)cc1. The summed E-state index contributed by atoms with van der Waals surface area (Å²) in [5, 5.41) is 6.76. The Morgan fingerprint density at radius 2 is 1.96 bits per heavy atom. The fraction of sp³-hybridized carbons (Fsp3) is 0.500. The van der Waals surface area contributed by atoms with E-state index in [-0.39, 0.29) is 5.41 Å². The van der Waals surface area contributed by atoms with Crippen molar-refractivity contribution in [3.05, 3.63) is 45.9 Å². The van der Waals surface area contributed by atoms with Gasteiger partial charge in [0.25, 0.3) is 0 Å². The van der Waals surface area contributed by atoms with E-state index >= 15 is 0 Å². The van der Waals surface area contributed by atoms with Crippen molar-refractivity contribution in [2.24, 2.45) is 4.99 Å². The van der Waals surface area contributed by atoms with E-state index in [2.05, 4.69) is 53.5 Å². The van der Waals surface area contributed by atoms with Crippen molar-refractivity contribution in [3.8, 4) is 5.75 Å². The quantitative estimate of drug-likeness (QED) is 0.619. The van der Waals surface area contributed by atoms with Gasteiger partial charge in [-0.15, -0.1) is 11.3 Å². The number of rotatable bonds is 6. The van der Waals surface area contributed by atoms with Crippen molar-refractivity contribution in [2.45, 2.75) is 39.2 Å². The predicted octanol–water partition coefficient (Wildman–Crippen LogP) is 3.70. The van der Waals surface area contributed by atoms with Crippen LogP contribution < -0.4 is 10.1 Å². The summed E-state index contributed by atoms with van der Waals surface area (Å²) in [7, 11) is 5.54. The number of methoxy groups -OCH3 is 1. The monoisotopic (exact) mass is 374 g/mol. The summed E-state index contributed by atoms with van der Waals surface area (Å²) in [6, 6.07) is 8.11. The molecule has 2 aromatic rings. The molecule has 0 radical (unpaired) electrons. The van der Waals surface area contributed by atoms with Crippen LogP contribution >= 0.6 is 11.3 Å². The molecule has 1 heterocycles. The van der Waals surface area contributed by atoms with Crippen LogP contribution in [0.4, 0.5) is 0 Å². The average molecular weight is 375 g/mol. The molecule has 0 amide bonds. The van der Waals surface area contributed by atoms with Gasteiger partial charge in [-0.3, -0.25) is 4.99 Å². The number of aliphatic imine (C=N–C) groups is 1. The highest BCUT2D eigenvalue weighted by molar-refractivity contribution is 7.09. The molecule has 5 nitrogen and oxygen atoms in total. The molecular formula is C20H30N4OS. The Kier molecular flexibility index (Phi) is 7.03. The molecule has 1 aromatic heterocycles. The van der Waals surface area contributed by atoms with Crippen molar-refractivity contribution in [2.75, 3.05) is 27.7 Å². The maximum absolute atomic E-state index is 5.21. The largest absolute Gasteiger partial charge is 0.497 e. The van der Waals surface area contributed by atoms with Crippen LogP contribution in [-0.2, 0) is 18.4 Å². The molecule has 0 unspecified atom stereocenters. The zero-order chi connectivity index (χ0) is 19.2.